The molecule has 0 N–H and O–H groups in total. The molecule has 0 aliphatic rings. The van der Waals surface area contributed by atoms with Gasteiger partial charge in [-0.2, -0.15) is 0 Å². The van der Waals surface area contributed by atoms with Crippen LogP contribution in [0.3, 0.4) is 0 Å². The van der Waals surface area contributed by atoms with E-state index in [1.807, 2.05) is 32.2 Å². The summed E-state index contributed by atoms with van der Waals surface area (Å²) in [6.45, 7) is 3.83. The van der Waals surface area contributed by atoms with Crippen molar-refractivity contribution in [2.45, 2.75) is 20.3 Å². The fraction of sp³-hybridized carbons (Fsp3) is 0.333. The quantitative estimate of drug-likeness (QED) is 0.529. The van der Waals surface area contributed by atoms with E-state index in [9.17, 15) is 4.79 Å². The van der Waals surface area contributed by atoms with Gasteiger partial charge in [0.25, 0.3) is 0 Å². The zero-order valence-corrected chi connectivity index (χ0v) is 8.84. The average molecular weight is 230 g/mol. The molecule has 0 saturated carbocycles. The van der Waals surface area contributed by atoms with Gasteiger partial charge in [-0.1, -0.05) is 6.92 Å². The highest BCUT2D eigenvalue weighted by molar-refractivity contribution is 5.66. The molecular weight excluding hydrogens is 218 g/mol. The number of aryl methyl sites for hydroxylation is 1. The van der Waals surface area contributed by atoms with Crippen LogP contribution in [0, 0.1) is 6.92 Å². The van der Waals surface area contributed by atoms with Gasteiger partial charge in [0.1, 0.15) is 0 Å². The number of nitrogens with zero attached hydrogens (tertiary/aromatic N) is 1. The molecule has 1 aromatic heterocycles. The molecule has 0 bridgehead atoms. The van der Waals surface area contributed by atoms with Crippen LogP contribution in [0.25, 0.3) is 0 Å². The molecular formula is C9H12BrNO. The molecule has 66 valence electrons. The second kappa shape index (κ2) is 5.04. The van der Waals surface area contributed by atoms with Gasteiger partial charge in [-0.15, -0.1) is 4.57 Å². The summed E-state index contributed by atoms with van der Waals surface area (Å²) in [5.41, 5.74) is 1.11. The third-order valence-corrected chi connectivity index (χ3v) is 1.54. The van der Waals surface area contributed by atoms with Crippen molar-refractivity contribution < 1.29 is 26.3 Å². The van der Waals surface area contributed by atoms with E-state index in [2.05, 4.69) is 0 Å². The van der Waals surface area contributed by atoms with Gasteiger partial charge < -0.3 is 17.0 Å². The van der Waals surface area contributed by atoms with Crippen molar-refractivity contribution in [3.63, 3.8) is 0 Å². The molecule has 0 fully saturated rings. The first-order valence-electron chi connectivity index (χ1n) is 3.75. The maximum absolute atomic E-state index is 11.1. The van der Waals surface area contributed by atoms with Crippen LogP contribution >= 0.6 is 0 Å². The Kier molecular flexibility index (Phi) is 4.74. The Labute approximate surface area is 83.0 Å². The fourth-order valence-corrected chi connectivity index (χ4v) is 0.931. The molecule has 0 aliphatic carbocycles. The summed E-state index contributed by atoms with van der Waals surface area (Å²) in [6, 6.07) is 3.85. The molecule has 12 heavy (non-hydrogen) atoms. The molecule has 0 aromatic carbocycles. The van der Waals surface area contributed by atoms with E-state index in [1.165, 1.54) is 0 Å². The van der Waals surface area contributed by atoms with Gasteiger partial charge in [-0.3, -0.25) is 0 Å². The Balaban J connectivity index is 0.00000121. The van der Waals surface area contributed by atoms with Gasteiger partial charge in [0, 0.05) is 11.6 Å². The van der Waals surface area contributed by atoms with E-state index in [1.54, 1.807) is 10.8 Å². The SMILES string of the molecule is CCC(=O)[n+]1cccc(C)c1.[Br-]. The number of pyridine rings is 1. The van der Waals surface area contributed by atoms with Gasteiger partial charge in [0.05, 0.1) is 6.42 Å². The zero-order chi connectivity index (χ0) is 8.27. The van der Waals surface area contributed by atoms with Crippen molar-refractivity contribution in [2.75, 3.05) is 0 Å². The van der Waals surface area contributed by atoms with Gasteiger partial charge in [-0.05, 0) is 13.0 Å². The lowest BCUT2D eigenvalue weighted by Crippen LogP contribution is -3.00. The minimum Gasteiger partial charge on any atom is -1.00 e. The highest BCUT2D eigenvalue weighted by Crippen LogP contribution is 1.89. The van der Waals surface area contributed by atoms with E-state index in [0.29, 0.717) is 6.42 Å². The average Bonchev–Trinajstić information content (AvgIpc) is 2.03. The molecule has 3 heteroatoms. The Hall–Kier alpha value is -0.700. The molecule has 0 spiro atoms. The van der Waals surface area contributed by atoms with E-state index in [4.69, 9.17) is 0 Å². The summed E-state index contributed by atoms with van der Waals surface area (Å²) >= 11 is 0. The van der Waals surface area contributed by atoms with Crippen LogP contribution in [0.1, 0.15) is 23.7 Å². The molecule has 0 aliphatic heterocycles. The summed E-state index contributed by atoms with van der Waals surface area (Å²) in [5.74, 6) is 0.133. The summed E-state index contributed by atoms with van der Waals surface area (Å²) in [6.07, 6.45) is 4.17. The smallest absolute Gasteiger partial charge is 0.391 e. The number of hydrogen-bond donors (Lipinski definition) is 0. The Morgan fingerprint density at radius 3 is 2.75 bits per heavy atom. The fourth-order valence-electron chi connectivity index (χ4n) is 0.931. The summed E-state index contributed by atoms with van der Waals surface area (Å²) in [4.78, 5) is 11.1. The minimum absolute atomic E-state index is 0. The molecule has 2 nitrogen and oxygen atoms in total. The molecule has 1 aromatic rings. The number of hydrogen-bond acceptors (Lipinski definition) is 1. The van der Waals surface area contributed by atoms with Crippen molar-refractivity contribution in [3.8, 4) is 0 Å². The number of carbonyl (C=O) groups is 1. The van der Waals surface area contributed by atoms with E-state index in [0.717, 1.165) is 5.56 Å². The number of carbonyl (C=O) groups excluding carboxylic acids is 1. The predicted molar refractivity (Wildman–Crippen MR) is 42.3 cm³/mol. The molecule has 0 saturated heterocycles. The maximum Gasteiger partial charge on any atom is 0.391 e. The lowest BCUT2D eigenvalue weighted by Gasteiger charge is -1.91. The van der Waals surface area contributed by atoms with Crippen LogP contribution in [0.5, 0.6) is 0 Å². The van der Waals surface area contributed by atoms with E-state index < -0.39 is 0 Å². The molecule has 1 rings (SSSR count). The lowest BCUT2D eigenvalue weighted by molar-refractivity contribution is -0.574. The first-order valence-corrected chi connectivity index (χ1v) is 3.75. The van der Waals surface area contributed by atoms with Crippen LogP contribution < -0.4 is 21.5 Å². The number of rotatable bonds is 1. The Morgan fingerprint density at radius 2 is 2.25 bits per heavy atom. The first kappa shape index (κ1) is 11.3. The monoisotopic (exact) mass is 229 g/mol. The summed E-state index contributed by atoms with van der Waals surface area (Å²) < 4.78 is 1.62. The molecule has 1 heterocycles. The van der Waals surface area contributed by atoms with Crippen LogP contribution in [0.4, 0.5) is 0 Å². The van der Waals surface area contributed by atoms with Crippen molar-refractivity contribution in [3.05, 3.63) is 30.1 Å². The molecule has 0 radical (unpaired) electrons. The Bertz CT molecular complexity index is 273. The van der Waals surface area contributed by atoms with Crippen molar-refractivity contribution in [2.24, 2.45) is 0 Å². The van der Waals surface area contributed by atoms with E-state index in [-0.39, 0.29) is 22.9 Å². The minimum atomic E-state index is 0. The van der Waals surface area contributed by atoms with Crippen LogP contribution in [-0.2, 0) is 0 Å². The van der Waals surface area contributed by atoms with Gasteiger partial charge in [0.15, 0.2) is 12.4 Å². The van der Waals surface area contributed by atoms with Crippen LogP contribution in [0.2, 0.25) is 0 Å². The van der Waals surface area contributed by atoms with Crippen molar-refractivity contribution in [1.82, 2.24) is 0 Å². The molecule has 0 amide bonds. The predicted octanol–water partition coefficient (Wildman–Crippen LogP) is -1.66. The highest BCUT2D eigenvalue weighted by atomic mass is 79.9. The lowest BCUT2D eigenvalue weighted by atomic mass is 10.3. The first-order chi connectivity index (χ1) is 5.24. The maximum atomic E-state index is 11.1. The molecule has 0 unspecified atom stereocenters. The second-order valence-electron chi connectivity index (χ2n) is 2.54. The topological polar surface area (TPSA) is 20.9 Å². The van der Waals surface area contributed by atoms with Crippen LogP contribution in [-0.4, -0.2) is 5.91 Å². The van der Waals surface area contributed by atoms with Gasteiger partial charge >= 0.3 is 5.91 Å². The van der Waals surface area contributed by atoms with Crippen LogP contribution in [0.15, 0.2) is 24.5 Å². The summed E-state index contributed by atoms with van der Waals surface area (Å²) in [5, 5.41) is 0. The molecule has 0 atom stereocenters. The zero-order valence-electron chi connectivity index (χ0n) is 7.25. The standard InChI is InChI=1S/C9H12NO.BrH/c1-3-9(11)10-6-4-5-8(2)7-10;/h4-7H,3H2,1-2H3;1H/q+1;/p-1. The largest absolute Gasteiger partial charge is 1.00 e. The second-order valence-corrected chi connectivity index (χ2v) is 2.54. The van der Waals surface area contributed by atoms with Crippen molar-refractivity contribution >= 4 is 5.91 Å². The highest BCUT2D eigenvalue weighted by Gasteiger charge is 2.09. The number of halogens is 1. The third-order valence-electron chi connectivity index (χ3n) is 1.54. The van der Waals surface area contributed by atoms with Crippen molar-refractivity contribution in [1.29, 1.82) is 0 Å². The Morgan fingerprint density at radius 1 is 1.58 bits per heavy atom. The normalized spacial score (nSPS) is 8.83. The van der Waals surface area contributed by atoms with Gasteiger partial charge in [-0.25, -0.2) is 4.79 Å². The third kappa shape index (κ3) is 2.74. The number of aromatic nitrogens is 1. The van der Waals surface area contributed by atoms with Gasteiger partial charge in [0.2, 0.25) is 0 Å². The van der Waals surface area contributed by atoms with E-state index >= 15 is 0 Å². The summed E-state index contributed by atoms with van der Waals surface area (Å²) in [7, 11) is 0.